The first-order valence-electron chi connectivity index (χ1n) is 7.52. The molecule has 1 fully saturated rings. The summed E-state index contributed by atoms with van der Waals surface area (Å²) in [6.07, 6.45) is 3.12. The van der Waals surface area contributed by atoms with Crippen LogP contribution in [0.5, 0.6) is 0 Å². The first-order valence-corrected chi connectivity index (χ1v) is 8.40. The fraction of sp³-hybridized carbons (Fsp3) is 0.375. The molecule has 1 saturated heterocycles. The molecule has 0 bridgehead atoms. The molecule has 1 aromatic carbocycles. The Labute approximate surface area is 132 Å². The molecule has 5 nitrogen and oxygen atoms in total. The van der Waals surface area contributed by atoms with Gasteiger partial charge in [-0.05, 0) is 18.1 Å². The molecule has 1 N–H and O–H groups in total. The standard InChI is InChI=1S/C16H18N4OS/c1-2-4-15-14(3-1)12(8-17-15)7-13-10-21-6-5-20(13)9-16-19-18-11-22-16/h1-4,8,11,13,17H,5-7,9-10H2/t13-/m0/s1. The highest BCUT2D eigenvalue weighted by Crippen LogP contribution is 2.22. The van der Waals surface area contributed by atoms with Crippen molar-refractivity contribution in [3.8, 4) is 0 Å². The van der Waals surface area contributed by atoms with Gasteiger partial charge in [-0.1, -0.05) is 18.2 Å². The highest BCUT2D eigenvalue weighted by molar-refractivity contribution is 7.09. The molecule has 22 heavy (non-hydrogen) atoms. The molecule has 6 heteroatoms. The minimum Gasteiger partial charge on any atom is -0.378 e. The van der Waals surface area contributed by atoms with Crippen LogP contribution in [0.1, 0.15) is 10.6 Å². The van der Waals surface area contributed by atoms with Crippen LogP contribution >= 0.6 is 11.3 Å². The van der Waals surface area contributed by atoms with Crippen molar-refractivity contribution in [1.82, 2.24) is 20.1 Å². The molecule has 3 aromatic rings. The summed E-state index contributed by atoms with van der Waals surface area (Å²) < 4.78 is 5.71. The largest absolute Gasteiger partial charge is 0.378 e. The van der Waals surface area contributed by atoms with E-state index in [4.69, 9.17) is 4.74 Å². The van der Waals surface area contributed by atoms with Crippen molar-refractivity contribution in [2.45, 2.75) is 19.0 Å². The number of aromatic nitrogens is 3. The Morgan fingerprint density at radius 3 is 3.23 bits per heavy atom. The monoisotopic (exact) mass is 314 g/mol. The fourth-order valence-corrected chi connectivity index (χ4v) is 3.63. The molecule has 4 rings (SSSR count). The van der Waals surface area contributed by atoms with Crippen LogP contribution in [-0.2, 0) is 17.7 Å². The Bertz CT molecular complexity index is 740. The summed E-state index contributed by atoms with van der Waals surface area (Å²) in [5, 5.41) is 10.5. The molecule has 0 spiro atoms. The second-order valence-electron chi connectivity index (χ2n) is 5.60. The van der Waals surface area contributed by atoms with Gasteiger partial charge in [-0.15, -0.1) is 21.5 Å². The molecule has 0 radical (unpaired) electrons. The van der Waals surface area contributed by atoms with Gasteiger partial charge in [-0.3, -0.25) is 4.90 Å². The zero-order chi connectivity index (χ0) is 14.8. The third-order valence-electron chi connectivity index (χ3n) is 4.22. The molecule has 0 amide bonds. The van der Waals surface area contributed by atoms with Crippen molar-refractivity contribution in [3.63, 3.8) is 0 Å². The summed E-state index contributed by atoms with van der Waals surface area (Å²) in [6.45, 7) is 3.38. The lowest BCUT2D eigenvalue weighted by Crippen LogP contribution is -2.46. The van der Waals surface area contributed by atoms with E-state index in [1.165, 1.54) is 16.5 Å². The number of fused-ring (bicyclic) bond motifs is 1. The highest BCUT2D eigenvalue weighted by Gasteiger charge is 2.25. The fourth-order valence-electron chi connectivity index (χ4n) is 3.08. The second-order valence-corrected chi connectivity index (χ2v) is 6.51. The van der Waals surface area contributed by atoms with Crippen LogP contribution in [0, 0.1) is 0 Å². The van der Waals surface area contributed by atoms with Gasteiger partial charge in [-0.2, -0.15) is 0 Å². The number of hydrogen-bond acceptors (Lipinski definition) is 5. The Morgan fingerprint density at radius 2 is 2.32 bits per heavy atom. The van der Waals surface area contributed by atoms with Gasteiger partial charge in [-0.25, -0.2) is 0 Å². The summed E-state index contributed by atoms with van der Waals surface area (Å²) in [4.78, 5) is 5.82. The Kier molecular flexibility index (Phi) is 3.88. The number of H-pyrrole nitrogens is 1. The number of benzene rings is 1. The summed E-state index contributed by atoms with van der Waals surface area (Å²) in [5.74, 6) is 0. The van der Waals surface area contributed by atoms with Crippen molar-refractivity contribution < 1.29 is 4.74 Å². The van der Waals surface area contributed by atoms with Gasteiger partial charge in [0.2, 0.25) is 0 Å². The van der Waals surface area contributed by atoms with E-state index in [0.29, 0.717) is 6.04 Å². The average molecular weight is 314 g/mol. The van der Waals surface area contributed by atoms with Crippen molar-refractivity contribution in [1.29, 1.82) is 0 Å². The summed E-state index contributed by atoms with van der Waals surface area (Å²) in [6, 6.07) is 8.84. The predicted octanol–water partition coefficient (Wildman–Crippen LogP) is 2.46. The highest BCUT2D eigenvalue weighted by atomic mass is 32.1. The van der Waals surface area contributed by atoms with Gasteiger partial charge >= 0.3 is 0 Å². The van der Waals surface area contributed by atoms with Crippen LogP contribution in [0.4, 0.5) is 0 Å². The molecular weight excluding hydrogens is 296 g/mol. The topological polar surface area (TPSA) is 54.0 Å². The van der Waals surface area contributed by atoms with Crippen molar-refractivity contribution >= 4 is 22.2 Å². The van der Waals surface area contributed by atoms with E-state index in [-0.39, 0.29) is 0 Å². The van der Waals surface area contributed by atoms with E-state index in [1.807, 2.05) is 0 Å². The molecule has 114 valence electrons. The summed E-state index contributed by atoms with van der Waals surface area (Å²) >= 11 is 1.62. The third kappa shape index (κ3) is 2.77. The van der Waals surface area contributed by atoms with E-state index in [1.54, 1.807) is 16.8 Å². The van der Waals surface area contributed by atoms with Crippen molar-refractivity contribution in [3.05, 3.63) is 46.5 Å². The summed E-state index contributed by atoms with van der Waals surface area (Å²) in [7, 11) is 0. The number of hydrogen-bond donors (Lipinski definition) is 1. The zero-order valence-corrected chi connectivity index (χ0v) is 13.1. The number of aromatic amines is 1. The number of para-hydroxylation sites is 1. The molecule has 3 heterocycles. The van der Waals surface area contributed by atoms with Gasteiger partial charge in [0.1, 0.15) is 10.5 Å². The number of rotatable bonds is 4. The van der Waals surface area contributed by atoms with E-state index >= 15 is 0 Å². The zero-order valence-electron chi connectivity index (χ0n) is 12.2. The number of nitrogens with one attached hydrogen (secondary N) is 1. The summed E-state index contributed by atoms with van der Waals surface area (Å²) in [5.41, 5.74) is 4.35. The minimum atomic E-state index is 0.386. The van der Waals surface area contributed by atoms with E-state index in [2.05, 4.69) is 50.5 Å². The van der Waals surface area contributed by atoms with Crippen molar-refractivity contribution in [2.75, 3.05) is 19.8 Å². The molecule has 1 aliphatic heterocycles. The normalized spacial score (nSPS) is 19.7. The van der Waals surface area contributed by atoms with Crippen LogP contribution in [0.2, 0.25) is 0 Å². The average Bonchev–Trinajstić information content (AvgIpc) is 3.20. The van der Waals surface area contributed by atoms with Gasteiger partial charge in [0.25, 0.3) is 0 Å². The number of ether oxygens (including phenoxy) is 1. The number of nitrogens with zero attached hydrogens (tertiary/aromatic N) is 3. The van der Waals surface area contributed by atoms with Crippen LogP contribution in [0.25, 0.3) is 10.9 Å². The van der Waals surface area contributed by atoms with Gasteiger partial charge in [0.15, 0.2) is 0 Å². The lowest BCUT2D eigenvalue weighted by molar-refractivity contribution is -0.0112. The first kappa shape index (κ1) is 13.9. The Balaban J connectivity index is 1.54. The van der Waals surface area contributed by atoms with E-state index in [9.17, 15) is 0 Å². The lowest BCUT2D eigenvalue weighted by atomic mass is 10.0. The number of morpholine rings is 1. The minimum absolute atomic E-state index is 0.386. The quantitative estimate of drug-likeness (QED) is 0.804. The molecule has 2 aromatic heterocycles. The predicted molar refractivity (Wildman–Crippen MR) is 86.9 cm³/mol. The van der Waals surface area contributed by atoms with E-state index < -0.39 is 0 Å². The first-order chi connectivity index (χ1) is 10.9. The Hall–Kier alpha value is -1.76. The van der Waals surface area contributed by atoms with Crippen LogP contribution in [-0.4, -0.2) is 45.9 Å². The molecule has 0 unspecified atom stereocenters. The van der Waals surface area contributed by atoms with Crippen LogP contribution < -0.4 is 0 Å². The van der Waals surface area contributed by atoms with Crippen molar-refractivity contribution in [2.24, 2.45) is 0 Å². The van der Waals surface area contributed by atoms with E-state index in [0.717, 1.165) is 37.7 Å². The van der Waals surface area contributed by atoms with Crippen LogP contribution in [0.15, 0.2) is 36.0 Å². The van der Waals surface area contributed by atoms with Gasteiger partial charge in [0.05, 0.1) is 19.8 Å². The maximum absolute atomic E-state index is 5.71. The second kappa shape index (κ2) is 6.16. The Morgan fingerprint density at radius 1 is 1.36 bits per heavy atom. The maximum Gasteiger partial charge on any atom is 0.131 e. The molecule has 1 aliphatic rings. The SMILES string of the molecule is c1ccc2c(C[C@H]3COCCN3Cc3nncs3)c[nH]c2c1. The molecule has 0 saturated carbocycles. The van der Waals surface area contributed by atoms with Crippen LogP contribution in [0.3, 0.4) is 0 Å². The molecular formula is C16H18N4OS. The molecule has 0 aliphatic carbocycles. The lowest BCUT2D eigenvalue weighted by Gasteiger charge is -2.34. The molecule has 1 atom stereocenters. The third-order valence-corrected chi connectivity index (χ3v) is 4.91. The van der Waals surface area contributed by atoms with Gasteiger partial charge < -0.3 is 9.72 Å². The smallest absolute Gasteiger partial charge is 0.131 e. The van der Waals surface area contributed by atoms with Gasteiger partial charge in [0, 0.05) is 29.7 Å². The maximum atomic E-state index is 5.71.